The number of likely N-dealkylation sites (tertiary alicyclic amines) is 1. The quantitative estimate of drug-likeness (QED) is 0.884. The molecule has 1 aliphatic heterocycles. The minimum absolute atomic E-state index is 0.532. The second-order valence-electron chi connectivity index (χ2n) is 6.81. The molecule has 2 aliphatic rings. The zero-order valence-corrected chi connectivity index (χ0v) is 14.5. The van der Waals surface area contributed by atoms with Crippen LogP contribution in [0.5, 0.6) is 0 Å². The van der Waals surface area contributed by atoms with Crippen LogP contribution in [0.4, 0.5) is 0 Å². The monoisotopic (exact) mass is 306 g/mol. The highest BCUT2D eigenvalue weighted by Crippen LogP contribution is 2.33. The molecule has 0 spiro atoms. The van der Waals surface area contributed by atoms with Crippen molar-refractivity contribution >= 4 is 11.3 Å². The summed E-state index contributed by atoms with van der Waals surface area (Å²) >= 11 is 2.06. The molecule has 0 radical (unpaired) electrons. The van der Waals surface area contributed by atoms with Gasteiger partial charge >= 0.3 is 0 Å². The molecule has 0 saturated carbocycles. The normalized spacial score (nSPS) is 22.2. The van der Waals surface area contributed by atoms with Gasteiger partial charge in [-0.15, -0.1) is 11.3 Å². The molecule has 3 rings (SSSR count). The molecule has 1 aromatic heterocycles. The lowest BCUT2D eigenvalue weighted by Gasteiger charge is -2.31. The summed E-state index contributed by atoms with van der Waals surface area (Å²) in [5, 5.41) is 3.80. The third kappa shape index (κ3) is 3.88. The largest absolute Gasteiger partial charge is 0.309 e. The molecule has 1 atom stereocenters. The van der Waals surface area contributed by atoms with Gasteiger partial charge < -0.3 is 10.2 Å². The van der Waals surface area contributed by atoms with E-state index in [0.717, 1.165) is 5.92 Å². The van der Waals surface area contributed by atoms with Gasteiger partial charge in [0.2, 0.25) is 0 Å². The van der Waals surface area contributed by atoms with Crippen molar-refractivity contribution in [2.45, 2.75) is 58.4 Å². The molecule has 1 N–H and O–H groups in total. The van der Waals surface area contributed by atoms with Crippen molar-refractivity contribution < 1.29 is 0 Å². The highest BCUT2D eigenvalue weighted by atomic mass is 32.1. The van der Waals surface area contributed by atoms with Gasteiger partial charge in [0.1, 0.15) is 0 Å². The van der Waals surface area contributed by atoms with Gasteiger partial charge in [-0.05, 0) is 89.2 Å². The highest BCUT2D eigenvalue weighted by molar-refractivity contribution is 7.12. The molecular formula is C18H30N2S. The van der Waals surface area contributed by atoms with Gasteiger partial charge in [0.15, 0.2) is 0 Å². The lowest BCUT2D eigenvalue weighted by Crippen LogP contribution is -2.37. The molecule has 1 saturated heterocycles. The van der Waals surface area contributed by atoms with Crippen LogP contribution in [0.1, 0.15) is 60.9 Å². The van der Waals surface area contributed by atoms with E-state index < -0.39 is 0 Å². The summed E-state index contributed by atoms with van der Waals surface area (Å²) in [5.41, 5.74) is 1.64. The number of nitrogens with zero attached hydrogens (tertiary/aromatic N) is 1. The lowest BCUT2D eigenvalue weighted by molar-refractivity contribution is 0.188. The van der Waals surface area contributed by atoms with Crippen LogP contribution in [0, 0.1) is 5.92 Å². The van der Waals surface area contributed by atoms with Crippen LogP contribution in [0.25, 0.3) is 0 Å². The number of aryl methyl sites for hydroxylation is 2. The third-order valence-corrected chi connectivity index (χ3v) is 6.73. The summed E-state index contributed by atoms with van der Waals surface area (Å²) in [5.74, 6) is 0.879. The second-order valence-corrected chi connectivity index (χ2v) is 7.98. The Morgan fingerprint density at radius 2 is 2.05 bits per heavy atom. The first-order chi connectivity index (χ1) is 10.3. The van der Waals surface area contributed by atoms with Crippen LogP contribution in [-0.2, 0) is 12.8 Å². The van der Waals surface area contributed by atoms with Gasteiger partial charge in [0, 0.05) is 15.8 Å². The first-order valence-electron chi connectivity index (χ1n) is 8.83. The minimum atomic E-state index is 0.532. The van der Waals surface area contributed by atoms with Gasteiger partial charge in [0.05, 0.1) is 0 Å². The molecule has 0 amide bonds. The van der Waals surface area contributed by atoms with Gasteiger partial charge in [0.25, 0.3) is 0 Å². The maximum Gasteiger partial charge on any atom is 0.0386 e. The molecule has 2 nitrogen and oxygen atoms in total. The fourth-order valence-electron chi connectivity index (χ4n) is 3.68. The smallest absolute Gasteiger partial charge is 0.0386 e. The van der Waals surface area contributed by atoms with Crippen LogP contribution in [-0.4, -0.2) is 31.1 Å². The van der Waals surface area contributed by atoms with E-state index in [1.54, 1.807) is 15.3 Å². The highest BCUT2D eigenvalue weighted by Gasteiger charge is 2.20. The summed E-state index contributed by atoms with van der Waals surface area (Å²) in [6.07, 6.45) is 8.16. The number of hydrogen-bond donors (Lipinski definition) is 1. The van der Waals surface area contributed by atoms with E-state index in [1.165, 1.54) is 64.7 Å². The first-order valence-corrected chi connectivity index (χ1v) is 9.65. The predicted molar refractivity (Wildman–Crippen MR) is 92.2 cm³/mol. The Bertz CT molecular complexity index is 423. The standard InChI is InChI=1S/C18H30N2S/c1-3-20-10-8-15(9-11-20)13-19-14(2)18-12-16-6-4-5-7-17(16)21-18/h12,14-15,19H,3-11,13H2,1-2H3. The van der Waals surface area contributed by atoms with E-state index in [-0.39, 0.29) is 0 Å². The van der Waals surface area contributed by atoms with E-state index in [4.69, 9.17) is 0 Å². The molecule has 0 aromatic carbocycles. The fraction of sp³-hybridized carbons (Fsp3) is 0.778. The summed E-state index contributed by atoms with van der Waals surface area (Å²) in [7, 11) is 0. The Morgan fingerprint density at radius 3 is 2.76 bits per heavy atom. The molecule has 0 bridgehead atoms. The zero-order valence-electron chi connectivity index (χ0n) is 13.7. The van der Waals surface area contributed by atoms with Gasteiger partial charge in [-0.1, -0.05) is 6.92 Å². The Balaban J connectivity index is 1.48. The summed E-state index contributed by atoms with van der Waals surface area (Å²) in [4.78, 5) is 5.81. The van der Waals surface area contributed by atoms with E-state index in [2.05, 4.69) is 41.5 Å². The van der Waals surface area contributed by atoms with Crippen molar-refractivity contribution in [1.82, 2.24) is 10.2 Å². The number of rotatable bonds is 5. The van der Waals surface area contributed by atoms with Crippen LogP contribution >= 0.6 is 11.3 Å². The molecule has 1 fully saturated rings. The van der Waals surface area contributed by atoms with Gasteiger partial charge in [-0.2, -0.15) is 0 Å². The lowest BCUT2D eigenvalue weighted by atomic mass is 9.96. The SMILES string of the molecule is CCN1CCC(CNC(C)c2cc3c(s2)CCCC3)CC1. The second kappa shape index (κ2) is 7.26. The Morgan fingerprint density at radius 1 is 1.29 bits per heavy atom. The molecule has 1 aliphatic carbocycles. The van der Waals surface area contributed by atoms with Crippen molar-refractivity contribution in [2.24, 2.45) is 5.92 Å². The maximum atomic E-state index is 3.80. The molecule has 1 unspecified atom stereocenters. The first kappa shape index (κ1) is 15.5. The molecule has 3 heteroatoms. The third-order valence-electron chi connectivity index (χ3n) is 5.31. The van der Waals surface area contributed by atoms with E-state index in [1.807, 2.05) is 0 Å². The van der Waals surface area contributed by atoms with Crippen LogP contribution in [0.2, 0.25) is 0 Å². The maximum absolute atomic E-state index is 3.80. The van der Waals surface area contributed by atoms with Gasteiger partial charge in [-0.3, -0.25) is 0 Å². The Hall–Kier alpha value is -0.380. The molecule has 1 aromatic rings. The number of piperidine rings is 1. The molecule has 2 heterocycles. The average Bonchev–Trinajstić information content (AvgIpc) is 2.97. The number of fused-ring (bicyclic) bond motifs is 1. The molecule has 118 valence electrons. The summed E-state index contributed by atoms with van der Waals surface area (Å²) < 4.78 is 0. The van der Waals surface area contributed by atoms with Crippen molar-refractivity contribution in [3.8, 4) is 0 Å². The minimum Gasteiger partial charge on any atom is -0.309 e. The van der Waals surface area contributed by atoms with Gasteiger partial charge in [-0.25, -0.2) is 0 Å². The zero-order chi connectivity index (χ0) is 14.7. The number of hydrogen-bond acceptors (Lipinski definition) is 3. The predicted octanol–water partition coefficient (Wildman–Crippen LogP) is 4.01. The van der Waals surface area contributed by atoms with Crippen LogP contribution in [0.3, 0.4) is 0 Å². The van der Waals surface area contributed by atoms with Crippen molar-refractivity contribution in [3.05, 3.63) is 21.4 Å². The van der Waals surface area contributed by atoms with Crippen LogP contribution in [0.15, 0.2) is 6.07 Å². The number of thiophene rings is 1. The van der Waals surface area contributed by atoms with E-state index in [0.29, 0.717) is 6.04 Å². The average molecular weight is 307 g/mol. The van der Waals surface area contributed by atoms with Crippen molar-refractivity contribution in [1.29, 1.82) is 0 Å². The van der Waals surface area contributed by atoms with Crippen molar-refractivity contribution in [3.63, 3.8) is 0 Å². The fourth-order valence-corrected chi connectivity index (χ4v) is 4.96. The molecule has 21 heavy (non-hydrogen) atoms. The molecular weight excluding hydrogens is 276 g/mol. The Labute approximate surface area is 133 Å². The van der Waals surface area contributed by atoms with E-state index >= 15 is 0 Å². The topological polar surface area (TPSA) is 15.3 Å². The Kier molecular flexibility index (Phi) is 5.36. The summed E-state index contributed by atoms with van der Waals surface area (Å²) in [6, 6.07) is 3.01. The summed E-state index contributed by atoms with van der Waals surface area (Å²) in [6.45, 7) is 9.63. The number of nitrogens with one attached hydrogen (secondary N) is 1. The van der Waals surface area contributed by atoms with E-state index in [9.17, 15) is 0 Å². The van der Waals surface area contributed by atoms with Crippen molar-refractivity contribution in [2.75, 3.05) is 26.2 Å². The van der Waals surface area contributed by atoms with Crippen LogP contribution < -0.4 is 5.32 Å².